The van der Waals surface area contributed by atoms with Gasteiger partial charge < -0.3 is 4.90 Å². The molecule has 0 saturated heterocycles. The highest BCUT2D eigenvalue weighted by Gasteiger charge is 2.20. The van der Waals surface area contributed by atoms with E-state index < -0.39 is 0 Å². The maximum absolute atomic E-state index is 12.7. The number of aromatic amines is 1. The van der Waals surface area contributed by atoms with Gasteiger partial charge in [-0.05, 0) is 35.7 Å². The van der Waals surface area contributed by atoms with E-state index in [1.54, 1.807) is 6.20 Å². The van der Waals surface area contributed by atoms with Gasteiger partial charge in [-0.1, -0.05) is 29.8 Å². The molecule has 0 bridgehead atoms. The van der Waals surface area contributed by atoms with Crippen molar-refractivity contribution >= 4 is 17.5 Å². The Hall–Kier alpha value is -2.70. The minimum atomic E-state index is -0.0346. The number of rotatable bonds is 5. The summed E-state index contributed by atoms with van der Waals surface area (Å²) in [5.74, 6) is 0.598. The van der Waals surface area contributed by atoms with Crippen LogP contribution in [0.2, 0.25) is 5.02 Å². The minimum absolute atomic E-state index is 0.0346. The van der Waals surface area contributed by atoms with Gasteiger partial charge in [-0.15, -0.1) is 0 Å². The monoisotopic (exact) mass is 409 g/mol. The van der Waals surface area contributed by atoms with Crippen LogP contribution in [-0.4, -0.2) is 40.0 Å². The van der Waals surface area contributed by atoms with Gasteiger partial charge in [-0.25, -0.2) is 4.98 Å². The fraction of sp³-hybridized carbons (Fsp3) is 0.318. The lowest BCUT2D eigenvalue weighted by Gasteiger charge is -2.19. The van der Waals surface area contributed by atoms with Crippen LogP contribution in [0, 0.1) is 0 Å². The Morgan fingerprint density at radius 2 is 2.00 bits per heavy atom. The van der Waals surface area contributed by atoms with Gasteiger partial charge >= 0.3 is 0 Å². The quantitative estimate of drug-likeness (QED) is 0.701. The molecule has 1 aliphatic rings. The summed E-state index contributed by atoms with van der Waals surface area (Å²) < 4.78 is 0. The number of nitrogens with one attached hydrogen (secondary N) is 1. The first kappa shape index (κ1) is 19.6. The van der Waals surface area contributed by atoms with E-state index in [1.165, 1.54) is 5.56 Å². The first-order valence-electron chi connectivity index (χ1n) is 9.77. The Kier molecular flexibility index (Phi) is 5.92. The third kappa shape index (κ3) is 4.83. The van der Waals surface area contributed by atoms with Gasteiger partial charge in [0.25, 0.3) is 5.56 Å². The van der Waals surface area contributed by atoms with E-state index in [1.807, 2.05) is 48.5 Å². The van der Waals surface area contributed by atoms with E-state index in [2.05, 4.69) is 20.9 Å². The lowest BCUT2D eigenvalue weighted by molar-refractivity contribution is 0.279. The Balaban J connectivity index is 1.49. The molecule has 0 aliphatic carbocycles. The van der Waals surface area contributed by atoms with Crippen LogP contribution < -0.4 is 10.5 Å². The van der Waals surface area contributed by atoms with Gasteiger partial charge in [0, 0.05) is 62.6 Å². The lowest BCUT2D eigenvalue weighted by atomic mass is 10.1. The Labute approximate surface area is 175 Å². The highest BCUT2D eigenvalue weighted by molar-refractivity contribution is 6.30. The number of aromatic nitrogens is 3. The lowest BCUT2D eigenvalue weighted by Crippen LogP contribution is -2.27. The molecule has 4 rings (SSSR count). The predicted molar refractivity (Wildman–Crippen MR) is 115 cm³/mol. The van der Waals surface area contributed by atoms with Crippen molar-refractivity contribution in [2.75, 3.05) is 25.0 Å². The van der Waals surface area contributed by atoms with E-state index in [0.717, 1.165) is 47.9 Å². The normalized spacial score (nSPS) is 14.3. The minimum Gasteiger partial charge on any atom is -0.341 e. The van der Waals surface area contributed by atoms with Crippen LogP contribution in [-0.2, 0) is 25.9 Å². The summed E-state index contributed by atoms with van der Waals surface area (Å²) in [5, 5.41) is 0.750. The van der Waals surface area contributed by atoms with Crippen LogP contribution >= 0.6 is 11.6 Å². The molecule has 2 aromatic heterocycles. The van der Waals surface area contributed by atoms with Crippen molar-refractivity contribution in [1.82, 2.24) is 19.9 Å². The average molecular weight is 410 g/mol. The molecule has 7 heteroatoms. The molecule has 0 spiro atoms. The van der Waals surface area contributed by atoms with Crippen molar-refractivity contribution in [1.29, 1.82) is 0 Å². The molecular weight excluding hydrogens is 386 g/mol. The summed E-state index contributed by atoms with van der Waals surface area (Å²) in [6.07, 6.45) is 5.03. The SMILES string of the molecule is CN(Cc1cccnc1)c1nc2c(c(=O)[nH]1)CCN(Cc1cccc(Cl)c1)CC2. The summed E-state index contributed by atoms with van der Waals surface area (Å²) in [6, 6.07) is 11.9. The van der Waals surface area contributed by atoms with Gasteiger partial charge in [0.05, 0.1) is 5.69 Å². The third-order valence-corrected chi connectivity index (χ3v) is 5.47. The van der Waals surface area contributed by atoms with Gasteiger partial charge in [-0.2, -0.15) is 0 Å². The highest BCUT2D eigenvalue weighted by atomic mass is 35.5. The van der Waals surface area contributed by atoms with E-state index >= 15 is 0 Å². The number of pyridine rings is 1. The largest absolute Gasteiger partial charge is 0.341 e. The van der Waals surface area contributed by atoms with Crippen molar-refractivity contribution in [3.05, 3.63) is 86.6 Å². The number of hydrogen-bond acceptors (Lipinski definition) is 5. The summed E-state index contributed by atoms with van der Waals surface area (Å²) >= 11 is 6.11. The molecule has 0 unspecified atom stereocenters. The van der Waals surface area contributed by atoms with Crippen molar-refractivity contribution in [2.45, 2.75) is 25.9 Å². The second-order valence-electron chi connectivity index (χ2n) is 7.44. The number of benzene rings is 1. The molecule has 150 valence electrons. The smallest absolute Gasteiger partial charge is 0.255 e. The number of anilines is 1. The molecule has 3 heterocycles. The number of halogens is 1. The van der Waals surface area contributed by atoms with Crippen LogP contribution in [0.3, 0.4) is 0 Å². The standard InChI is InChI=1S/C22H24ClN5O/c1-27(14-17-5-3-9-24-13-17)22-25-20-8-11-28(10-7-19(20)21(29)26-22)15-16-4-2-6-18(23)12-16/h2-6,9,12-13H,7-8,10-11,14-15H2,1H3,(H,25,26,29). The zero-order valence-corrected chi connectivity index (χ0v) is 17.2. The predicted octanol–water partition coefficient (Wildman–Crippen LogP) is 3.06. The molecule has 29 heavy (non-hydrogen) atoms. The van der Waals surface area contributed by atoms with E-state index in [-0.39, 0.29) is 5.56 Å². The van der Waals surface area contributed by atoms with Crippen LogP contribution in [0.4, 0.5) is 5.95 Å². The molecule has 0 radical (unpaired) electrons. The third-order valence-electron chi connectivity index (χ3n) is 5.23. The number of nitrogens with zero attached hydrogens (tertiary/aromatic N) is 4. The molecular formula is C22H24ClN5O. The number of fused-ring (bicyclic) bond motifs is 1. The first-order valence-corrected chi connectivity index (χ1v) is 10.2. The van der Waals surface area contributed by atoms with E-state index in [4.69, 9.17) is 16.6 Å². The van der Waals surface area contributed by atoms with E-state index in [9.17, 15) is 4.79 Å². The molecule has 1 aliphatic heterocycles. The summed E-state index contributed by atoms with van der Waals surface area (Å²) in [7, 11) is 1.93. The van der Waals surface area contributed by atoms with Crippen molar-refractivity contribution in [3.63, 3.8) is 0 Å². The summed E-state index contributed by atoms with van der Waals surface area (Å²) in [4.78, 5) is 28.9. The molecule has 0 amide bonds. The number of hydrogen-bond donors (Lipinski definition) is 1. The Bertz CT molecular complexity index is 1040. The van der Waals surface area contributed by atoms with Crippen LogP contribution in [0.25, 0.3) is 0 Å². The second kappa shape index (κ2) is 8.76. The number of H-pyrrole nitrogens is 1. The van der Waals surface area contributed by atoms with Crippen molar-refractivity contribution < 1.29 is 0 Å². The Morgan fingerprint density at radius 1 is 1.17 bits per heavy atom. The molecule has 0 saturated carbocycles. The van der Waals surface area contributed by atoms with Crippen LogP contribution in [0.15, 0.2) is 53.6 Å². The molecule has 1 aromatic carbocycles. The molecule has 1 N–H and O–H groups in total. The molecule has 0 atom stereocenters. The van der Waals surface area contributed by atoms with E-state index in [0.29, 0.717) is 18.9 Å². The fourth-order valence-corrected chi connectivity index (χ4v) is 3.93. The van der Waals surface area contributed by atoms with Gasteiger partial charge in [0.15, 0.2) is 0 Å². The van der Waals surface area contributed by atoms with Crippen molar-refractivity contribution in [3.8, 4) is 0 Å². The van der Waals surface area contributed by atoms with Crippen molar-refractivity contribution in [2.24, 2.45) is 0 Å². The summed E-state index contributed by atoms with van der Waals surface area (Å²) in [6.45, 7) is 3.15. The van der Waals surface area contributed by atoms with Crippen LogP contribution in [0.5, 0.6) is 0 Å². The Morgan fingerprint density at radius 3 is 2.79 bits per heavy atom. The maximum atomic E-state index is 12.7. The molecule has 6 nitrogen and oxygen atoms in total. The maximum Gasteiger partial charge on any atom is 0.255 e. The van der Waals surface area contributed by atoms with Crippen LogP contribution in [0.1, 0.15) is 22.4 Å². The van der Waals surface area contributed by atoms with Gasteiger partial charge in [-0.3, -0.25) is 19.7 Å². The summed E-state index contributed by atoms with van der Waals surface area (Å²) in [5.41, 5.74) is 3.92. The topological polar surface area (TPSA) is 65.1 Å². The van der Waals surface area contributed by atoms with Gasteiger partial charge in [0.2, 0.25) is 5.95 Å². The second-order valence-corrected chi connectivity index (χ2v) is 7.87. The fourth-order valence-electron chi connectivity index (χ4n) is 3.71. The first-order chi connectivity index (χ1) is 14.1. The molecule has 3 aromatic rings. The highest BCUT2D eigenvalue weighted by Crippen LogP contribution is 2.18. The average Bonchev–Trinajstić information content (AvgIpc) is 2.91. The zero-order chi connectivity index (χ0) is 20.2. The zero-order valence-electron chi connectivity index (χ0n) is 16.4. The van der Waals surface area contributed by atoms with Gasteiger partial charge in [0.1, 0.15) is 0 Å². The molecule has 0 fully saturated rings.